The summed E-state index contributed by atoms with van der Waals surface area (Å²) < 4.78 is 19.0. The predicted molar refractivity (Wildman–Crippen MR) is 88.1 cm³/mol. The number of nitrogens with one attached hydrogen (secondary N) is 1. The van der Waals surface area contributed by atoms with Crippen LogP contribution >= 0.6 is 0 Å². The summed E-state index contributed by atoms with van der Waals surface area (Å²) in [7, 11) is 1.63. The molecule has 1 atom stereocenters. The van der Waals surface area contributed by atoms with E-state index in [2.05, 4.69) is 30.4 Å². The van der Waals surface area contributed by atoms with Crippen LogP contribution in [0.15, 0.2) is 36.4 Å². The summed E-state index contributed by atoms with van der Waals surface area (Å²) in [4.78, 5) is 0. The highest BCUT2D eigenvalue weighted by molar-refractivity contribution is 5.60. The average Bonchev–Trinajstić information content (AvgIpc) is 2.95. The lowest BCUT2D eigenvalue weighted by Crippen LogP contribution is -2.08. The van der Waals surface area contributed by atoms with Crippen molar-refractivity contribution in [1.82, 2.24) is 0 Å². The number of halogens is 1. The van der Waals surface area contributed by atoms with Gasteiger partial charge in [0, 0.05) is 11.3 Å². The van der Waals surface area contributed by atoms with Crippen LogP contribution in [0.4, 0.5) is 10.1 Å². The fourth-order valence-electron chi connectivity index (χ4n) is 3.12. The van der Waals surface area contributed by atoms with E-state index in [1.54, 1.807) is 19.2 Å². The molecule has 1 aliphatic rings. The molecule has 1 heterocycles. The van der Waals surface area contributed by atoms with E-state index in [1.165, 1.54) is 30.0 Å². The summed E-state index contributed by atoms with van der Waals surface area (Å²) in [5.74, 6) is 0.509. The number of hydrogen-bond acceptors (Lipinski definition) is 2. The lowest BCUT2D eigenvalue weighted by molar-refractivity contribution is 0.406. The van der Waals surface area contributed by atoms with E-state index in [4.69, 9.17) is 4.74 Å². The number of aryl methyl sites for hydroxylation is 1. The molecule has 0 bridgehead atoms. The third-order valence-corrected chi connectivity index (χ3v) is 4.31. The van der Waals surface area contributed by atoms with Gasteiger partial charge in [-0.2, -0.15) is 0 Å². The topological polar surface area (TPSA) is 21.3 Å². The smallest absolute Gasteiger partial charge is 0.124 e. The SMILES string of the molecule is CCCCc1ccc2c(c1)CC(c1cc(F)ccc1OC)N2. The Morgan fingerprint density at radius 1 is 1.23 bits per heavy atom. The molecule has 0 aromatic heterocycles. The third kappa shape index (κ3) is 2.94. The van der Waals surface area contributed by atoms with Crippen molar-refractivity contribution >= 4 is 5.69 Å². The molecule has 0 amide bonds. The highest BCUT2D eigenvalue weighted by atomic mass is 19.1. The second kappa shape index (κ2) is 6.39. The number of unbranched alkanes of at least 4 members (excludes halogenated alkanes) is 1. The van der Waals surface area contributed by atoms with Crippen molar-refractivity contribution in [1.29, 1.82) is 0 Å². The Labute approximate surface area is 131 Å². The number of rotatable bonds is 5. The van der Waals surface area contributed by atoms with Crippen LogP contribution in [-0.2, 0) is 12.8 Å². The van der Waals surface area contributed by atoms with Crippen molar-refractivity contribution in [2.45, 2.75) is 38.6 Å². The van der Waals surface area contributed by atoms with Crippen LogP contribution in [-0.4, -0.2) is 7.11 Å². The standard InChI is InChI=1S/C19H22FNO/c1-3-4-5-13-6-8-17-14(10-13)11-18(21-17)16-12-15(20)7-9-19(16)22-2/h6-10,12,18,21H,3-5,11H2,1-2H3. The van der Waals surface area contributed by atoms with Crippen molar-refractivity contribution < 1.29 is 9.13 Å². The molecule has 1 N–H and O–H groups in total. The Balaban J connectivity index is 1.83. The first kappa shape index (κ1) is 14.9. The first-order valence-corrected chi connectivity index (χ1v) is 7.93. The van der Waals surface area contributed by atoms with Gasteiger partial charge in [0.2, 0.25) is 0 Å². The molecule has 0 fully saturated rings. The van der Waals surface area contributed by atoms with Gasteiger partial charge in [0.05, 0.1) is 13.2 Å². The van der Waals surface area contributed by atoms with Crippen LogP contribution in [0.2, 0.25) is 0 Å². The lowest BCUT2D eigenvalue weighted by atomic mass is 9.99. The predicted octanol–water partition coefficient (Wildman–Crippen LogP) is 4.89. The van der Waals surface area contributed by atoms with E-state index in [1.807, 2.05) is 0 Å². The van der Waals surface area contributed by atoms with E-state index in [0.717, 1.165) is 29.8 Å². The molecular weight excluding hydrogens is 277 g/mol. The molecule has 0 saturated carbocycles. The van der Waals surface area contributed by atoms with E-state index in [0.29, 0.717) is 0 Å². The molecule has 3 rings (SSSR count). The van der Waals surface area contributed by atoms with Crippen LogP contribution < -0.4 is 10.1 Å². The Morgan fingerprint density at radius 2 is 2.09 bits per heavy atom. The monoisotopic (exact) mass is 299 g/mol. The molecule has 22 heavy (non-hydrogen) atoms. The van der Waals surface area contributed by atoms with Crippen molar-refractivity contribution in [2.24, 2.45) is 0 Å². The summed E-state index contributed by atoms with van der Waals surface area (Å²) in [6, 6.07) is 11.4. The normalized spacial score (nSPS) is 16.2. The van der Waals surface area contributed by atoms with Gasteiger partial charge in [0.15, 0.2) is 0 Å². The van der Waals surface area contributed by atoms with E-state index in [-0.39, 0.29) is 11.9 Å². The summed E-state index contributed by atoms with van der Waals surface area (Å²) in [5.41, 5.74) is 4.73. The summed E-state index contributed by atoms with van der Waals surface area (Å²) in [6.45, 7) is 2.21. The van der Waals surface area contributed by atoms with Crippen LogP contribution in [0.5, 0.6) is 5.75 Å². The highest BCUT2D eigenvalue weighted by Gasteiger charge is 2.25. The van der Waals surface area contributed by atoms with Gasteiger partial charge in [-0.3, -0.25) is 0 Å². The zero-order valence-corrected chi connectivity index (χ0v) is 13.2. The zero-order chi connectivity index (χ0) is 15.5. The molecule has 2 aromatic rings. The molecule has 1 unspecified atom stereocenters. The summed E-state index contributed by atoms with van der Waals surface area (Å²) in [6.07, 6.45) is 4.42. The lowest BCUT2D eigenvalue weighted by Gasteiger charge is -2.15. The number of hydrogen-bond donors (Lipinski definition) is 1. The van der Waals surface area contributed by atoms with Gasteiger partial charge in [0.1, 0.15) is 11.6 Å². The van der Waals surface area contributed by atoms with Crippen LogP contribution in [0.1, 0.15) is 42.5 Å². The molecule has 2 nitrogen and oxygen atoms in total. The van der Waals surface area contributed by atoms with E-state index in [9.17, 15) is 4.39 Å². The molecule has 0 spiro atoms. The van der Waals surface area contributed by atoms with Gasteiger partial charge in [-0.15, -0.1) is 0 Å². The van der Waals surface area contributed by atoms with Gasteiger partial charge in [-0.25, -0.2) is 4.39 Å². The number of anilines is 1. The van der Waals surface area contributed by atoms with E-state index >= 15 is 0 Å². The molecule has 1 aliphatic heterocycles. The third-order valence-electron chi connectivity index (χ3n) is 4.31. The molecule has 3 heteroatoms. The maximum atomic E-state index is 13.6. The second-order valence-electron chi connectivity index (χ2n) is 5.88. The van der Waals surface area contributed by atoms with Gasteiger partial charge in [-0.05, 0) is 54.7 Å². The van der Waals surface area contributed by atoms with Crippen molar-refractivity contribution in [3.8, 4) is 5.75 Å². The Hall–Kier alpha value is -2.03. The quantitative estimate of drug-likeness (QED) is 0.849. The highest BCUT2D eigenvalue weighted by Crippen LogP contribution is 2.38. The fourth-order valence-corrected chi connectivity index (χ4v) is 3.12. The molecule has 116 valence electrons. The molecule has 0 radical (unpaired) electrons. The second-order valence-corrected chi connectivity index (χ2v) is 5.88. The van der Waals surface area contributed by atoms with Crippen molar-refractivity contribution in [2.75, 3.05) is 12.4 Å². The minimum Gasteiger partial charge on any atom is -0.496 e. The Kier molecular flexibility index (Phi) is 4.32. The van der Waals surface area contributed by atoms with E-state index < -0.39 is 0 Å². The van der Waals surface area contributed by atoms with Gasteiger partial charge < -0.3 is 10.1 Å². The fraction of sp³-hybridized carbons (Fsp3) is 0.368. The molecule has 0 aliphatic carbocycles. The first-order valence-electron chi connectivity index (χ1n) is 7.93. The van der Waals surface area contributed by atoms with Gasteiger partial charge in [0.25, 0.3) is 0 Å². The van der Waals surface area contributed by atoms with Crippen molar-refractivity contribution in [3.05, 3.63) is 58.9 Å². The largest absolute Gasteiger partial charge is 0.496 e. The number of methoxy groups -OCH3 is 1. The summed E-state index contributed by atoms with van der Waals surface area (Å²) >= 11 is 0. The number of fused-ring (bicyclic) bond motifs is 1. The maximum absolute atomic E-state index is 13.6. The van der Waals surface area contributed by atoms with Crippen LogP contribution in [0.3, 0.4) is 0 Å². The van der Waals surface area contributed by atoms with Gasteiger partial charge >= 0.3 is 0 Å². The first-order chi connectivity index (χ1) is 10.7. The zero-order valence-electron chi connectivity index (χ0n) is 13.2. The Bertz CT molecular complexity index is 668. The maximum Gasteiger partial charge on any atom is 0.124 e. The number of benzene rings is 2. The number of ether oxygens (including phenoxy) is 1. The summed E-state index contributed by atoms with van der Waals surface area (Å²) in [5, 5.41) is 3.49. The minimum atomic E-state index is -0.225. The van der Waals surface area contributed by atoms with Crippen molar-refractivity contribution in [3.63, 3.8) is 0 Å². The Morgan fingerprint density at radius 3 is 2.86 bits per heavy atom. The minimum absolute atomic E-state index is 0.0714. The molecule has 0 saturated heterocycles. The van der Waals surface area contributed by atoms with Crippen LogP contribution in [0.25, 0.3) is 0 Å². The average molecular weight is 299 g/mol. The van der Waals surface area contributed by atoms with Gasteiger partial charge in [-0.1, -0.05) is 25.5 Å². The van der Waals surface area contributed by atoms with Crippen LogP contribution in [0, 0.1) is 5.82 Å². The molecule has 2 aromatic carbocycles. The molecular formula is C19H22FNO.